The molecule has 0 unspecified atom stereocenters. The van der Waals surface area contributed by atoms with Crippen molar-refractivity contribution in [2.24, 2.45) is 0 Å². The van der Waals surface area contributed by atoms with Crippen LogP contribution in [0.5, 0.6) is 11.5 Å². The molecule has 0 amide bonds. The van der Waals surface area contributed by atoms with E-state index in [1.165, 1.54) is 5.56 Å². The van der Waals surface area contributed by atoms with E-state index in [0.717, 1.165) is 23.2 Å². The molecule has 0 saturated carbocycles. The molecule has 0 heterocycles. The van der Waals surface area contributed by atoms with Gasteiger partial charge in [-0.15, -0.1) is 0 Å². The summed E-state index contributed by atoms with van der Waals surface area (Å²) in [7, 11) is 0. The van der Waals surface area contributed by atoms with E-state index < -0.39 is 0 Å². The summed E-state index contributed by atoms with van der Waals surface area (Å²) in [4.78, 5) is 0. The molecule has 3 rings (SSSR count). The zero-order valence-electron chi connectivity index (χ0n) is 16.4. The lowest BCUT2D eigenvalue weighted by Crippen LogP contribution is -2.04. The number of nitrogens with one attached hydrogen (secondary N) is 1. The van der Waals surface area contributed by atoms with E-state index in [0.29, 0.717) is 36.3 Å². The number of ether oxygens (including phenoxy) is 2. The lowest BCUT2D eigenvalue weighted by molar-refractivity contribution is 0.269. The van der Waals surface area contributed by atoms with Crippen molar-refractivity contribution < 1.29 is 9.47 Å². The van der Waals surface area contributed by atoms with Gasteiger partial charge in [-0.1, -0.05) is 61.0 Å². The predicted octanol–water partition coefficient (Wildman–Crippen LogP) is 6.49. The molecule has 4 heteroatoms. The topological polar surface area (TPSA) is 30.5 Å². The number of rotatable bonds is 9. The zero-order chi connectivity index (χ0) is 19.8. The maximum atomic E-state index is 6.53. The van der Waals surface area contributed by atoms with Gasteiger partial charge in [0.2, 0.25) is 0 Å². The number of halogens is 1. The van der Waals surface area contributed by atoms with Crippen LogP contribution in [0.25, 0.3) is 0 Å². The second-order valence-corrected chi connectivity index (χ2v) is 6.92. The number of aryl methyl sites for hydroxylation is 1. The van der Waals surface area contributed by atoms with Crippen molar-refractivity contribution >= 4 is 17.3 Å². The SMILES string of the molecule is CCOc1cc(CNc2ccc(CC)cc2)cc(Cl)c1OCc1ccccc1. The van der Waals surface area contributed by atoms with Gasteiger partial charge < -0.3 is 14.8 Å². The average molecular weight is 396 g/mol. The summed E-state index contributed by atoms with van der Waals surface area (Å²) in [5.74, 6) is 1.26. The Hall–Kier alpha value is -2.65. The minimum atomic E-state index is 0.446. The second kappa shape index (κ2) is 10.0. The Morgan fingerprint density at radius 2 is 1.57 bits per heavy atom. The highest BCUT2D eigenvalue weighted by molar-refractivity contribution is 6.32. The molecule has 3 aromatic rings. The Bertz CT molecular complexity index is 879. The molecule has 0 aromatic heterocycles. The van der Waals surface area contributed by atoms with E-state index in [1.807, 2.05) is 49.4 Å². The summed E-state index contributed by atoms with van der Waals surface area (Å²) in [5.41, 5.74) is 4.53. The molecule has 0 saturated heterocycles. The van der Waals surface area contributed by atoms with E-state index in [1.54, 1.807) is 0 Å². The summed E-state index contributed by atoms with van der Waals surface area (Å²) in [6.45, 7) is 5.76. The van der Waals surface area contributed by atoms with E-state index >= 15 is 0 Å². The Morgan fingerprint density at radius 1 is 0.821 bits per heavy atom. The first-order valence-corrected chi connectivity index (χ1v) is 10.0. The highest BCUT2D eigenvalue weighted by atomic mass is 35.5. The van der Waals surface area contributed by atoms with Gasteiger partial charge in [0, 0.05) is 12.2 Å². The Morgan fingerprint density at radius 3 is 2.25 bits per heavy atom. The van der Waals surface area contributed by atoms with Crippen LogP contribution in [0, 0.1) is 0 Å². The molecule has 0 fully saturated rings. The standard InChI is InChI=1S/C24H26ClNO2/c1-3-18-10-12-21(13-11-18)26-16-20-14-22(25)24(23(15-20)27-4-2)28-17-19-8-6-5-7-9-19/h5-15,26H,3-4,16-17H2,1-2H3. The van der Waals surface area contributed by atoms with E-state index in [2.05, 4.69) is 36.5 Å². The largest absolute Gasteiger partial charge is 0.490 e. The summed E-state index contributed by atoms with van der Waals surface area (Å²) in [5, 5.41) is 3.99. The molecular formula is C24H26ClNO2. The summed E-state index contributed by atoms with van der Waals surface area (Å²) in [6.07, 6.45) is 1.04. The maximum Gasteiger partial charge on any atom is 0.180 e. The van der Waals surface area contributed by atoms with Crippen LogP contribution in [-0.2, 0) is 19.6 Å². The molecule has 146 valence electrons. The van der Waals surface area contributed by atoms with Crippen LogP contribution in [0.4, 0.5) is 5.69 Å². The first-order chi connectivity index (χ1) is 13.7. The molecule has 0 bridgehead atoms. The van der Waals surface area contributed by atoms with Crippen LogP contribution < -0.4 is 14.8 Å². The highest BCUT2D eigenvalue weighted by Gasteiger charge is 2.13. The van der Waals surface area contributed by atoms with Gasteiger partial charge in [0.1, 0.15) is 6.61 Å². The molecule has 0 aliphatic carbocycles. The van der Waals surface area contributed by atoms with Crippen LogP contribution in [0.1, 0.15) is 30.5 Å². The monoisotopic (exact) mass is 395 g/mol. The molecule has 28 heavy (non-hydrogen) atoms. The van der Waals surface area contributed by atoms with Gasteiger partial charge in [0.05, 0.1) is 11.6 Å². The zero-order valence-corrected chi connectivity index (χ0v) is 17.1. The van der Waals surface area contributed by atoms with Crippen molar-refractivity contribution in [2.75, 3.05) is 11.9 Å². The smallest absolute Gasteiger partial charge is 0.180 e. The van der Waals surface area contributed by atoms with Crippen molar-refractivity contribution in [3.05, 3.63) is 88.4 Å². The van der Waals surface area contributed by atoms with E-state index in [9.17, 15) is 0 Å². The first kappa shape index (κ1) is 20.1. The summed E-state index contributed by atoms with van der Waals surface area (Å²) >= 11 is 6.53. The van der Waals surface area contributed by atoms with Gasteiger partial charge in [0.15, 0.2) is 11.5 Å². The molecule has 0 aliphatic heterocycles. The molecule has 0 radical (unpaired) electrons. The molecule has 0 aliphatic rings. The van der Waals surface area contributed by atoms with Crippen LogP contribution in [0.3, 0.4) is 0 Å². The van der Waals surface area contributed by atoms with Gasteiger partial charge in [-0.2, -0.15) is 0 Å². The van der Waals surface area contributed by atoms with Crippen LogP contribution in [0.15, 0.2) is 66.7 Å². The number of anilines is 1. The van der Waals surface area contributed by atoms with Gasteiger partial charge in [-0.25, -0.2) is 0 Å². The fourth-order valence-corrected chi connectivity index (χ4v) is 3.21. The summed E-state index contributed by atoms with van der Waals surface area (Å²) in [6, 6.07) is 22.4. The fourth-order valence-electron chi connectivity index (χ4n) is 2.92. The van der Waals surface area contributed by atoms with Crippen LogP contribution in [0.2, 0.25) is 5.02 Å². The van der Waals surface area contributed by atoms with E-state index in [4.69, 9.17) is 21.1 Å². The number of benzene rings is 3. The number of hydrogen-bond acceptors (Lipinski definition) is 3. The van der Waals surface area contributed by atoms with Gasteiger partial charge >= 0.3 is 0 Å². The molecular weight excluding hydrogens is 370 g/mol. The van der Waals surface area contributed by atoms with Crippen molar-refractivity contribution in [1.82, 2.24) is 0 Å². The Kier molecular flexibility index (Phi) is 7.21. The third-order valence-corrected chi connectivity index (χ3v) is 4.73. The average Bonchev–Trinajstić information content (AvgIpc) is 2.73. The van der Waals surface area contributed by atoms with Crippen molar-refractivity contribution in [1.29, 1.82) is 0 Å². The lowest BCUT2D eigenvalue weighted by atomic mass is 10.1. The highest BCUT2D eigenvalue weighted by Crippen LogP contribution is 2.37. The van der Waals surface area contributed by atoms with Gasteiger partial charge in [-0.05, 0) is 54.3 Å². The normalized spacial score (nSPS) is 10.5. The fraction of sp³-hybridized carbons (Fsp3) is 0.250. The van der Waals surface area contributed by atoms with Crippen LogP contribution in [-0.4, -0.2) is 6.61 Å². The quantitative estimate of drug-likeness (QED) is 0.449. The van der Waals surface area contributed by atoms with Crippen molar-refractivity contribution in [3.63, 3.8) is 0 Å². The molecule has 3 nitrogen and oxygen atoms in total. The molecule has 0 spiro atoms. The maximum absolute atomic E-state index is 6.53. The predicted molar refractivity (Wildman–Crippen MR) is 117 cm³/mol. The Balaban J connectivity index is 1.71. The number of hydrogen-bond donors (Lipinski definition) is 1. The van der Waals surface area contributed by atoms with Crippen LogP contribution >= 0.6 is 11.6 Å². The van der Waals surface area contributed by atoms with Crippen molar-refractivity contribution in [3.8, 4) is 11.5 Å². The molecule has 3 aromatic carbocycles. The minimum Gasteiger partial charge on any atom is -0.490 e. The van der Waals surface area contributed by atoms with E-state index in [-0.39, 0.29) is 0 Å². The first-order valence-electron chi connectivity index (χ1n) is 9.64. The third-order valence-electron chi connectivity index (χ3n) is 4.45. The summed E-state index contributed by atoms with van der Waals surface area (Å²) < 4.78 is 11.8. The molecule has 0 atom stereocenters. The van der Waals surface area contributed by atoms with Crippen molar-refractivity contribution in [2.45, 2.75) is 33.4 Å². The second-order valence-electron chi connectivity index (χ2n) is 6.52. The Labute approximate surface area is 172 Å². The minimum absolute atomic E-state index is 0.446. The van der Waals surface area contributed by atoms with Gasteiger partial charge in [-0.3, -0.25) is 0 Å². The third kappa shape index (κ3) is 5.43. The van der Waals surface area contributed by atoms with Gasteiger partial charge in [0.25, 0.3) is 0 Å². The lowest BCUT2D eigenvalue weighted by Gasteiger charge is -2.16. The molecule has 1 N–H and O–H groups in total.